The van der Waals surface area contributed by atoms with Crippen molar-refractivity contribution < 1.29 is 0 Å². The molecule has 3 heteroatoms. The Morgan fingerprint density at radius 2 is 0.843 bits per heavy atom. The van der Waals surface area contributed by atoms with Crippen LogP contribution in [0.3, 0.4) is 0 Å². The van der Waals surface area contributed by atoms with Crippen molar-refractivity contribution in [2.24, 2.45) is 0 Å². The molecule has 0 radical (unpaired) electrons. The molecule has 3 aromatic heterocycles. The van der Waals surface area contributed by atoms with Crippen LogP contribution in [-0.2, 0) is 0 Å². The Morgan fingerprint density at radius 3 is 1.57 bits per heavy atom. The summed E-state index contributed by atoms with van der Waals surface area (Å²) in [7, 11) is 0. The maximum Gasteiger partial charge on any atom is 0.0634 e. The first-order valence-corrected chi connectivity index (χ1v) is 18.3. The molecule has 238 valence electrons. The summed E-state index contributed by atoms with van der Waals surface area (Å²) in [5.41, 5.74) is 12.1. The van der Waals surface area contributed by atoms with Gasteiger partial charge >= 0.3 is 0 Å². The van der Waals surface area contributed by atoms with Crippen molar-refractivity contribution in [1.29, 1.82) is 0 Å². The van der Waals surface area contributed by atoms with Gasteiger partial charge in [0.2, 0.25) is 0 Å². The molecule has 51 heavy (non-hydrogen) atoms. The molecule has 2 nitrogen and oxygen atoms in total. The van der Waals surface area contributed by atoms with E-state index in [1.165, 1.54) is 91.7 Å². The minimum atomic E-state index is 1.16. The summed E-state index contributed by atoms with van der Waals surface area (Å²) in [6.45, 7) is 0. The van der Waals surface area contributed by atoms with Gasteiger partial charge in [-0.2, -0.15) is 0 Å². The zero-order valence-electron chi connectivity index (χ0n) is 27.6. The number of rotatable bonds is 4. The number of thiophene rings is 1. The zero-order chi connectivity index (χ0) is 33.5. The second-order valence-corrected chi connectivity index (χ2v) is 14.4. The van der Waals surface area contributed by atoms with E-state index in [0.29, 0.717) is 0 Å². The Kier molecular flexibility index (Phi) is 6.16. The third-order valence-electron chi connectivity index (χ3n) is 10.5. The summed E-state index contributed by atoms with van der Waals surface area (Å²) < 4.78 is 7.51. The van der Waals surface area contributed by atoms with Gasteiger partial charge in [-0.15, -0.1) is 11.3 Å². The molecule has 11 rings (SSSR count). The summed E-state index contributed by atoms with van der Waals surface area (Å²) >= 11 is 1.88. The van der Waals surface area contributed by atoms with Gasteiger partial charge in [0.15, 0.2) is 0 Å². The number of fused-ring (bicyclic) bond motifs is 10. The largest absolute Gasteiger partial charge is 0.309 e. The fourth-order valence-electron chi connectivity index (χ4n) is 8.20. The van der Waals surface area contributed by atoms with Crippen LogP contribution in [0.15, 0.2) is 182 Å². The van der Waals surface area contributed by atoms with Crippen LogP contribution < -0.4 is 0 Å². The minimum Gasteiger partial charge on any atom is -0.309 e. The van der Waals surface area contributed by atoms with Crippen molar-refractivity contribution >= 4 is 75.1 Å². The fraction of sp³-hybridized carbons (Fsp3) is 0. The average molecular weight is 667 g/mol. The predicted octanol–water partition coefficient (Wildman–Crippen LogP) is 13.6. The highest BCUT2D eigenvalue weighted by atomic mass is 32.1. The Morgan fingerprint density at radius 1 is 0.314 bits per heavy atom. The van der Waals surface area contributed by atoms with Crippen LogP contribution in [0.1, 0.15) is 0 Å². The summed E-state index contributed by atoms with van der Waals surface area (Å²) in [6.07, 6.45) is 0. The molecule has 0 saturated heterocycles. The number of para-hydroxylation sites is 2. The number of hydrogen-bond donors (Lipinski definition) is 0. The summed E-state index contributed by atoms with van der Waals surface area (Å²) in [6, 6.07) is 66.5. The molecule has 3 heterocycles. The van der Waals surface area contributed by atoms with Crippen LogP contribution >= 0.6 is 11.3 Å². The molecule has 0 aliphatic carbocycles. The number of hydrogen-bond acceptors (Lipinski definition) is 1. The van der Waals surface area contributed by atoms with Gasteiger partial charge in [-0.1, -0.05) is 121 Å². The molecule has 0 aliphatic heterocycles. The fourth-order valence-corrected chi connectivity index (χ4v) is 9.31. The molecule has 0 spiro atoms. The van der Waals surface area contributed by atoms with Gasteiger partial charge in [-0.05, 0) is 82.9 Å². The van der Waals surface area contributed by atoms with Crippen LogP contribution in [0.5, 0.6) is 0 Å². The summed E-state index contributed by atoms with van der Waals surface area (Å²) in [5, 5.41) is 7.77. The van der Waals surface area contributed by atoms with Crippen molar-refractivity contribution in [2.45, 2.75) is 0 Å². The average Bonchev–Trinajstić information content (AvgIpc) is 3.86. The van der Waals surface area contributed by atoms with Gasteiger partial charge in [0, 0.05) is 53.1 Å². The van der Waals surface area contributed by atoms with Crippen LogP contribution in [0.25, 0.3) is 97.4 Å². The molecular formula is C48H30N2S. The summed E-state index contributed by atoms with van der Waals surface area (Å²) in [4.78, 5) is 0. The normalized spacial score (nSPS) is 11.9. The maximum atomic E-state index is 2.46. The van der Waals surface area contributed by atoms with Crippen LogP contribution in [0.2, 0.25) is 0 Å². The number of benzene rings is 8. The minimum absolute atomic E-state index is 1.16. The maximum absolute atomic E-state index is 2.46. The van der Waals surface area contributed by atoms with Gasteiger partial charge in [0.25, 0.3) is 0 Å². The van der Waals surface area contributed by atoms with Gasteiger partial charge < -0.3 is 9.13 Å². The first-order chi connectivity index (χ1) is 25.3. The molecule has 0 bridgehead atoms. The van der Waals surface area contributed by atoms with Gasteiger partial charge in [-0.25, -0.2) is 0 Å². The topological polar surface area (TPSA) is 9.86 Å². The molecule has 0 saturated carbocycles. The molecular weight excluding hydrogens is 637 g/mol. The predicted molar refractivity (Wildman–Crippen MR) is 219 cm³/mol. The highest BCUT2D eigenvalue weighted by Gasteiger charge is 2.18. The Hall–Kier alpha value is -6.42. The second kappa shape index (κ2) is 11.0. The molecule has 0 unspecified atom stereocenters. The van der Waals surface area contributed by atoms with Crippen molar-refractivity contribution in [3.05, 3.63) is 182 Å². The smallest absolute Gasteiger partial charge is 0.0634 e. The standard InChI is InChI=1S/C48H30N2S/c1-2-10-31(11-3-1)34-22-28-44-41(30-34)38-13-5-7-15-42(38)49(44)35-23-18-32(19-24-35)33-20-25-36(26-21-33)50-43-16-8-4-12-37(43)39-27-29-46-47(48(39)50)40-14-6-9-17-45(40)51-46/h1-30H. The van der Waals surface area contributed by atoms with Gasteiger partial charge in [-0.3, -0.25) is 0 Å². The summed E-state index contributed by atoms with van der Waals surface area (Å²) in [5.74, 6) is 0. The SMILES string of the molecule is c1ccc(-c2ccc3c(c2)c2ccccc2n3-c2ccc(-c3ccc(-n4c5ccccc5c5ccc6sc7ccccc7c6c54)cc3)cc2)cc1. The molecule has 0 fully saturated rings. The first kappa shape index (κ1) is 28.4. The lowest BCUT2D eigenvalue weighted by Gasteiger charge is -2.12. The quantitative estimate of drug-likeness (QED) is 0.177. The van der Waals surface area contributed by atoms with Gasteiger partial charge in [0.05, 0.1) is 22.1 Å². The number of aromatic nitrogens is 2. The number of nitrogens with zero attached hydrogens (tertiary/aromatic N) is 2. The van der Waals surface area contributed by atoms with E-state index in [1.54, 1.807) is 0 Å². The first-order valence-electron chi connectivity index (χ1n) is 17.4. The molecule has 11 aromatic rings. The Labute approximate surface area is 298 Å². The van der Waals surface area contributed by atoms with E-state index in [1.807, 2.05) is 11.3 Å². The highest BCUT2D eigenvalue weighted by Crippen LogP contribution is 2.43. The lowest BCUT2D eigenvalue weighted by molar-refractivity contribution is 1.18. The zero-order valence-corrected chi connectivity index (χ0v) is 28.4. The van der Waals surface area contributed by atoms with E-state index in [4.69, 9.17) is 0 Å². The van der Waals surface area contributed by atoms with Crippen molar-refractivity contribution in [3.8, 4) is 33.6 Å². The Bertz CT molecular complexity index is 3100. The van der Waals surface area contributed by atoms with Gasteiger partial charge in [0.1, 0.15) is 0 Å². The van der Waals surface area contributed by atoms with Crippen LogP contribution in [-0.4, -0.2) is 9.13 Å². The molecule has 0 N–H and O–H groups in total. The lowest BCUT2D eigenvalue weighted by Crippen LogP contribution is -1.95. The van der Waals surface area contributed by atoms with E-state index < -0.39 is 0 Å². The monoisotopic (exact) mass is 666 g/mol. The molecule has 0 atom stereocenters. The van der Waals surface area contributed by atoms with Crippen LogP contribution in [0.4, 0.5) is 0 Å². The van der Waals surface area contributed by atoms with E-state index in [0.717, 1.165) is 5.69 Å². The molecule has 8 aromatic carbocycles. The third kappa shape index (κ3) is 4.29. The van der Waals surface area contributed by atoms with E-state index in [2.05, 4.69) is 191 Å². The van der Waals surface area contributed by atoms with Crippen molar-refractivity contribution in [2.75, 3.05) is 0 Å². The van der Waals surface area contributed by atoms with Crippen molar-refractivity contribution in [3.63, 3.8) is 0 Å². The third-order valence-corrected chi connectivity index (χ3v) is 11.7. The van der Waals surface area contributed by atoms with E-state index >= 15 is 0 Å². The van der Waals surface area contributed by atoms with E-state index in [9.17, 15) is 0 Å². The Balaban J connectivity index is 1.01. The molecule has 0 aliphatic rings. The van der Waals surface area contributed by atoms with E-state index in [-0.39, 0.29) is 0 Å². The van der Waals surface area contributed by atoms with Crippen LogP contribution in [0, 0.1) is 0 Å². The highest BCUT2D eigenvalue weighted by molar-refractivity contribution is 7.26. The second-order valence-electron chi connectivity index (χ2n) is 13.3. The molecule has 0 amide bonds. The van der Waals surface area contributed by atoms with Crippen molar-refractivity contribution in [1.82, 2.24) is 9.13 Å². The lowest BCUT2D eigenvalue weighted by atomic mass is 10.0.